The maximum atomic E-state index is 12.9. The zero-order valence-electron chi connectivity index (χ0n) is 14.5. The van der Waals surface area contributed by atoms with Gasteiger partial charge in [-0.3, -0.25) is 4.79 Å². The third-order valence-corrected chi connectivity index (χ3v) is 4.63. The van der Waals surface area contributed by atoms with Crippen molar-refractivity contribution in [3.05, 3.63) is 35.5 Å². The highest BCUT2D eigenvalue weighted by molar-refractivity contribution is 5.97. The molecule has 3 aromatic rings. The van der Waals surface area contributed by atoms with E-state index in [9.17, 15) is 4.79 Å². The molecule has 1 aromatic carbocycles. The summed E-state index contributed by atoms with van der Waals surface area (Å²) in [5.74, 6) is 1.29. The summed E-state index contributed by atoms with van der Waals surface area (Å²) in [5.41, 5.74) is 2.04. The summed E-state index contributed by atoms with van der Waals surface area (Å²) in [7, 11) is 1.64. The van der Waals surface area contributed by atoms with Gasteiger partial charge in [0.15, 0.2) is 5.82 Å². The minimum atomic E-state index is -0.0151. The van der Waals surface area contributed by atoms with Crippen molar-refractivity contribution in [1.29, 1.82) is 0 Å². The van der Waals surface area contributed by atoms with Crippen molar-refractivity contribution >= 4 is 16.9 Å². The first-order chi connectivity index (χ1) is 12.7. The number of carbonyl (C=O) groups is 1. The average Bonchev–Trinajstić information content (AvgIpc) is 3.34. The number of piperidine rings is 1. The number of benzene rings is 1. The normalized spacial score (nSPS) is 17.7. The van der Waals surface area contributed by atoms with Gasteiger partial charge in [0, 0.05) is 32.2 Å². The molecule has 1 amide bonds. The van der Waals surface area contributed by atoms with Crippen LogP contribution in [0.3, 0.4) is 0 Å². The van der Waals surface area contributed by atoms with E-state index in [4.69, 9.17) is 9.26 Å². The molecule has 136 valence electrons. The monoisotopic (exact) mass is 356 g/mol. The van der Waals surface area contributed by atoms with Gasteiger partial charge in [-0.2, -0.15) is 20.4 Å². The molecule has 1 N–H and O–H groups in total. The van der Waals surface area contributed by atoms with Crippen molar-refractivity contribution in [2.45, 2.75) is 25.2 Å². The Kier molecular flexibility index (Phi) is 4.61. The van der Waals surface area contributed by atoms with Crippen LogP contribution in [0.2, 0.25) is 0 Å². The lowest BCUT2D eigenvalue weighted by molar-refractivity contribution is 0.0696. The predicted molar refractivity (Wildman–Crippen MR) is 91.6 cm³/mol. The van der Waals surface area contributed by atoms with Gasteiger partial charge < -0.3 is 14.2 Å². The van der Waals surface area contributed by atoms with Gasteiger partial charge in [-0.15, -0.1) is 0 Å². The highest BCUT2D eigenvalue weighted by Crippen LogP contribution is 2.27. The first-order valence-electron chi connectivity index (χ1n) is 8.66. The number of nitrogens with one attached hydrogen (secondary N) is 1. The molecule has 0 unspecified atom stereocenters. The average molecular weight is 356 g/mol. The van der Waals surface area contributed by atoms with E-state index in [0.717, 1.165) is 24.9 Å². The Bertz CT molecular complexity index is 905. The largest absolute Gasteiger partial charge is 0.384 e. The van der Waals surface area contributed by atoms with Crippen LogP contribution >= 0.6 is 0 Å². The fraction of sp³-hybridized carbons (Fsp3) is 0.471. The molecule has 26 heavy (non-hydrogen) atoms. The third-order valence-electron chi connectivity index (χ3n) is 4.63. The Balaban J connectivity index is 1.47. The number of hydrogen-bond acceptors (Lipinski definition) is 7. The molecule has 1 aliphatic heterocycles. The lowest BCUT2D eigenvalue weighted by Crippen LogP contribution is -2.39. The van der Waals surface area contributed by atoms with E-state index in [2.05, 4.69) is 25.6 Å². The summed E-state index contributed by atoms with van der Waals surface area (Å²) in [6.45, 7) is 1.84. The summed E-state index contributed by atoms with van der Waals surface area (Å²) in [4.78, 5) is 19.2. The first-order valence-corrected chi connectivity index (χ1v) is 8.66. The molecular weight excluding hydrogens is 336 g/mol. The van der Waals surface area contributed by atoms with Crippen molar-refractivity contribution in [3.63, 3.8) is 0 Å². The molecular formula is C17H20N6O3. The summed E-state index contributed by atoms with van der Waals surface area (Å²) in [6.07, 6.45) is 2.45. The zero-order valence-corrected chi connectivity index (χ0v) is 14.5. The lowest BCUT2D eigenvalue weighted by atomic mass is 9.97. The second-order valence-corrected chi connectivity index (χ2v) is 6.41. The number of amides is 1. The molecule has 0 spiro atoms. The van der Waals surface area contributed by atoms with Gasteiger partial charge in [-0.05, 0) is 31.0 Å². The van der Waals surface area contributed by atoms with Crippen LogP contribution in [-0.4, -0.2) is 63.2 Å². The Morgan fingerprint density at radius 1 is 1.38 bits per heavy atom. The minimum absolute atomic E-state index is 0.0151. The Labute approximate surface area is 149 Å². The second kappa shape index (κ2) is 7.20. The maximum Gasteiger partial charge on any atom is 0.253 e. The molecule has 1 fully saturated rings. The molecule has 0 aliphatic carbocycles. The number of H-pyrrole nitrogens is 1. The maximum absolute atomic E-state index is 12.9. The van der Waals surface area contributed by atoms with E-state index in [1.165, 1.54) is 0 Å². The van der Waals surface area contributed by atoms with Gasteiger partial charge in [0.1, 0.15) is 11.0 Å². The van der Waals surface area contributed by atoms with E-state index < -0.39 is 0 Å². The molecule has 0 bridgehead atoms. The van der Waals surface area contributed by atoms with Crippen molar-refractivity contribution in [1.82, 2.24) is 30.5 Å². The third kappa shape index (κ3) is 3.30. The van der Waals surface area contributed by atoms with Crippen molar-refractivity contribution < 1.29 is 14.1 Å². The summed E-state index contributed by atoms with van der Waals surface area (Å²) in [5, 5.41) is 14.6. The summed E-state index contributed by atoms with van der Waals surface area (Å²) in [6, 6.07) is 5.35. The van der Waals surface area contributed by atoms with Gasteiger partial charge in [-0.1, -0.05) is 5.16 Å². The summed E-state index contributed by atoms with van der Waals surface area (Å²) < 4.78 is 10.4. The highest BCUT2D eigenvalue weighted by atomic mass is 16.5. The summed E-state index contributed by atoms with van der Waals surface area (Å²) >= 11 is 0. The Hall–Kier alpha value is -2.81. The molecule has 4 rings (SSSR count). The zero-order chi connectivity index (χ0) is 17.9. The molecule has 0 radical (unpaired) electrons. The molecule has 3 heterocycles. The molecule has 1 saturated heterocycles. The van der Waals surface area contributed by atoms with Crippen LogP contribution in [0.1, 0.15) is 40.8 Å². The number of aromatic nitrogens is 5. The van der Waals surface area contributed by atoms with Crippen molar-refractivity contribution in [2.24, 2.45) is 0 Å². The number of hydrogen-bond donors (Lipinski definition) is 1. The second-order valence-electron chi connectivity index (χ2n) is 6.41. The van der Waals surface area contributed by atoms with Gasteiger partial charge >= 0.3 is 0 Å². The fourth-order valence-electron chi connectivity index (χ4n) is 3.25. The smallest absolute Gasteiger partial charge is 0.253 e. The SMILES string of the molecule is COCCc1noc([C@@H]2CCCN(C(=O)c3ccc4n[nH]nc4c3)C2)n1. The van der Waals surface area contributed by atoms with E-state index in [1.54, 1.807) is 25.3 Å². The van der Waals surface area contributed by atoms with Crippen molar-refractivity contribution in [3.8, 4) is 0 Å². The minimum Gasteiger partial charge on any atom is -0.384 e. The number of fused-ring (bicyclic) bond motifs is 1. The Morgan fingerprint density at radius 3 is 3.15 bits per heavy atom. The number of likely N-dealkylation sites (tertiary alicyclic amines) is 1. The number of nitrogens with zero attached hydrogens (tertiary/aromatic N) is 5. The molecule has 1 atom stereocenters. The number of methoxy groups -OCH3 is 1. The van der Waals surface area contributed by atoms with Gasteiger partial charge in [0.2, 0.25) is 5.89 Å². The van der Waals surface area contributed by atoms with Crippen LogP contribution < -0.4 is 0 Å². The number of ether oxygens (including phenoxy) is 1. The Morgan fingerprint density at radius 2 is 2.27 bits per heavy atom. The predicted octanol–water partition coefficient (Wildman–Crippen LogP) is 1.55. The quantitative estimate of drug-likeness (QED) is 0.738. The fourth-order valence-corrected chi connectivity index (χ4v) is 3.25. The van der Waals surface area contributed by atoms with E-state index >= 15 is 0 Å². The van der Waals surface area contributed by atoms with Gasteiger partial charge in [-0.25, -0.2) is 0 Å². The topological polar surface area (TPSA) is 110 Å². The van der Waals surface area contributed by atoms with Crippen LogP contribution in [0.5, 0.6) is 0 Å². The highest BCUT2D eigenvalue weighted by Gasteiger charge is 2.29. The van der Waals surface area contributed by atoms with Crippen molar-refractivity contribution in [2.75, 3.05) is 26.8 Å². The van der Waals surface area contributed by atoms with Crippen LogP contribution in [0.4, 0.5) is 0 Å². The molecule has 0 saturated carbocycles. The number of carbonyl (C=O) groups excluding carboxylic acids is 1. The van der Waals surface area contributed by atoms with E-state index in [0.29, 0.717) is 42.4 Å². The van der Waals surface area contributed by atoms with Gasteiger partial charge in [0.05, 0.1) is 12.5 Å². The van der Waals surface area contributed by atoms with E-state index in [-0.39, 0.29) is 11.8 Å². The molecule has 1 aliphatic rings. The molecule has 2 aromatic heterocycles. The van der Waals surface area contributed by atoms with Crippen LogP contribution in [0, 0.1) is 0 Å². The first kappa shape index (κ1) is 16.6. The number of aromatic amines is 1. The van der Waals surface area contributed by atoms with Crippen LogP contribution in [0.25, 0.3) is 11.0 Å². The lowest BCUT2D eigenvalue weighted by Gasteiger charge is -2.31. The number of rotatable bonds is 5. The van der Waals surface area contributed by atoms with E-state index in [1.807, 2.05) is 4.90 Å². The van der Waals surface area contributed by atoms with Crippen LogP contribution in [0.15, 0.2) is 22.7 Å². The standard InChI is InChI=1S/C17H20N6O3/c1-25-8-6-15-18-16(26-21-15)12-3-2-7-23(10-12)17(24)11-4-5-13-14(9-11)20-22-19-13/h4-5,9,12H,2-3,6-8,10H2,1H3,(H,19,20,22)/t12-/m1/s1. The molecule has 9 heteroatoms. The van der Waals surface area contributed by atoms with Crippen LogP contribution in [-0.2, 0) is 11.2 Å². The van der Waals surface area contributed by atoms with Gasteiger partial charge in [0.25, 0.3) is 5.91 Å². The molecule has 9 nitrogen and oxygen atoms in total.